The molecule has 0 N–H and O–H groups in total. The first kappa shape index (κ1) is 22.5. The van der Waals surface area contributed by atoms with Gasteiger partial charge in [-0.05, 0) is 6.42 Å². The Morgan fingerprint density at radius 1 is 0.680 bits per heavy atom. The van der Waals surface area contributed by atoms with Gasteiger partial charge in [-0.3, -0.25) is 4.79 Å². The molecule has 1 fully saturated rings. The lowest BCUT2D eigenvalue weighted by molar-refractivity contribution is -0.135. The minimum Gasteiger partial charge on any atom is -0.378 e. The molecule has 3 nitrogen and oxygen atoms in total. The van der Waals surface area contributed by atoms with Crippen molar-refractivity contribution in [2.24, 2.45) is 0 Å². The van der Waals surface area contributed by atoms with Gasteiger partial charge in [0.05, 0.1) is 13.2 Å². The third-order valence-electron chi connectivity index (χ3n) is 5.36. The molecule has 1 amide bonds. The summed E-state index contributed by atoms with van der Waals surface area (Å²) in [6, 6.07) is 0. The molecule has 1 rings (SSSR count). The second-order valence-corrected chi connectivity index (χ2v) is 7.69. The Kier molecular flexibility index (Phi) is 15.2. The van der Waals surface area contributed by atoms with Crippen LogP contribution in [0.2, 0.25) is 0 Å². The fourth-order valence-electron chi connectivity index (χ4n) is 3.62. The van der Waals surface area contributed by atoms with E-state index in [1.165, 1.54) is 89.9 Å². The van der Waals surface area contributed by atoms with E-state index >= 15 is 0 Å². The number of hydrogen-bond acceptors (Lipinski definition) is 2. The van der Waals surface area contributed by atoms with Crippen molar-refractivity contribution in [2.45, 2.75) is 110 Å². The van der Waals surface area contributed by atoms with Crippen LogP contribution in [0.3, 0.4) is 0 Å². The zero-order valence-corrected chi connectivity index (χ0v) is 16.9. The van der Waals surface area contributed by atoms with Gasteiger partial charge in [-0.2, -0.15) is 0 Å². The molecule has 1 saturated heterocycles. The minimum absolute atomic E-state index is 0.331. The first-order valence-corrected chi connectivity index (χ1v) is 11.2. The van der Waals surface area contributed by atoms with E-state index in [1.54, 1.807) is 0 Å². The van der Waals surface area contributed by atoms with Crippen molar-refractivity contribution >= 4 is 5.91 Å². The summed E-state index contributed by atoms with van der Waals surface area (Å²) in [5.41, 5.74) is 0. The number of hydrogen-bond donors (Lipinski definition) is 0. The summed E-state index contributed by atoms with van der Waals surface area (Å²) in [6.45, 7) is 5.29. The molecule has 1 aliphatic heterocycles. The van der Waals surface area contributed by atoms with Gasteiger partial charge in [0, 0.05) is 19.5 Å². The van der Waals surface area contributed by atoms with Gasteiger partial charge in [0.25, 0.3) is 0 Å². The highest BCUT2D eigenvalue weighted by atomic mass is 16.5. The van der Waals surface area contributed by atoms with Crippen LogP contribution in [0.1, 0.15) is 110 Å². The molecule has 0 aromatic heterocycles. The number of morpholine rings is 1. The second kappa shape index (κ2) is 16.9. The molecule has 0 aromatic rings. The van der Waals surface area contributed by atoms with Gasteiger partial charge >= 0.3 is 0 Å². The van der Waals surface area contributed by atoms with E-state index in [2.05, 4.69) is 6.92 Å². The first-order chi connectivity index (χ1) is 12.3. The summed E-state index contributed by atoms with van der Waals surface area (Å²) in [7, 11) is 0. The van der Waals surface area contributed by atoms with Crippen molar-refractivity contribution in [3.05, 3.63) is 0 Å². The van der Waals surface area contributed by atoms with Gasteiger partial charge in [0.15, 0.2) is 0 Å². The number of carbonyl (C=O) groups is 1. The molecule has 0 bridgehead atoms. The van der Waals surface area contributed by atoms with Crippen LogP contribution in [0, 0.1) is 0 Å². The molecule has 3 heteroatoms. The SMILES string of the molecule is CCCCCCCCCCCCCCCCCC(=O)N1CCOCC1. The van der Waals surface area contributed by atoms with Crippen LogP contribution < -0.4 is 0 Å². The van der Waals surface area contributed by atoms with E-state index in [0.717, 1.165) is 25.9 Å². The summed E-state index contributed by atoms with van der Waals surface area (Å²) in [5.74, 6) is 0.331. The summed E-state index contributed by atoms with van der Waals surface area (Å²) in [4.78, 5) is 14.0. The van der Waals surface area contributed by atoms with E-state index in [9.17, 15) is 4.79 Å². The summed E-state index contributed by atoms with van der Waals surface area (Å²) < 4.78 is 5.29. The van der Waals surface area contributed by atoms with Crippen LogP contribution in [-0.2, 0) is 9.53 Å². The maximum absolute atomic E-state index is 12.0. The third-order valence-corrected chi connectivity index (χ3v) is 5.36. The highest BCUT2D eigenvalue weighted by Gasteiger charge is 2.15. The van der Waals surface area contributed by atoms with Crippen molar-refractivity contribution in [3.8, 4) is 0 Å². The Bertz CT molecular complexity index is 300. The van der Waals surface area contributed by atoms with Crippen LogP contribution in [0.4, 0.5) is 0 Å². The largest absolute Gasteiger partial charge is 0.378 e. The fraction of sp³-hybridized carbons (Fsp3) is 0.955. The molecule has 0 aliphatic carbocycles. The normalized spacial score (nSPS) is 14.8. The molecule has 25 heavy (non-hydrogen) atoms. The van der Waals surface area contributed by atoms with Gasteiger partial charge in [-0.1, -0.05) is 96.8 Å². The highest BCUT2D eigenvalue weighted by Crippen LogP contribution is 2.14. The van der Waals surface area contributed by atoms with Crippen LogP contribution >= 0.6 is 0 Å². The predicted octanol–water partition coefficient (Wildman–Crippen LogP) is 6.11. The molecule has 1 heterocycles. The zero-order valence-electron chi connectivity index (χ0n) is 16.9. The summed E-state index contributed by atoms with van der Waals surface area (Å²) in [6.07, 6.45) is 21.3. The first-order valence-electron chi connectivity index (χ1n) is 11.2. The lowest BCUT2D eigenvalue weighted by Gasteiger charge is -2.26. The van der Waals surface area contributed by atoms with Crippen molar-refractivity contribution in [1.82, 2.24) is 4.90 Å². The van der Waals surface area contributed by atoms with E-state index in [-0.39, 0.29) is 0 Å². The second-order valence-electron chi connectivity index (χ2n) is 7.69. The van der Waals surface area contributed by atoms with E-state index < -0.39 is 0 Å². The Balaban J connectivity index is 1.73. The molecule has 0 atom stereocenters. The molecule has 148 valence electrons. The van der Waals surface area contributed by atoms with Crippen LogP contribution in [0.5, 0.6) is 0 Å². The average molecular weight is 354 g/mol. The Morgan fingerprint density at radius 3 is 1.52 bits per heavy atom. The van der Waals surface area contributed by atoms with Gasteiger partial charge < -0.3 is 9.64 Å². The Hall–Kier alpha value is -0.570. The lowest BCUT2D eigenvalue weighted by Crippen LogP contribution is -2.40. The minimum atomic E-state index is 0.331. The highest BCUT2D eigenvalue weighted by molar-refractivity contribution is 5.76. The molecule has 0 unspecified atom stereocenters. The van der Waals surface area contributed by atoms with Crippen molar-refractivity contribution < 1.29 is 9.53 Å². The summed E-state index contributed by atoms with van der Waals surface area (Å²) in [5, 5.41) is 0. The molecule has 0 saturated carbocycles. The molecular weight excluding hydrogens is 310 g/mol. The third kappa shape index (κ3) is 13.3. The number of ether oxygens (including phenoxy) is 1. The van der Waals surface area contributed by atoms with Gasteiger partial charge in [0.2, 0.25) is 5.91 Å². The number of unbranched alkanes of at least 4 members (excludes halogenated alkanes) is 14. The molecule has 0 aromatic carbocycles. The maximum Gasteiger partial charge on any atom is 0.222 e. The zero-order chi connectivity index (χ0) is 18.0. The standard InChI is InChI=1S/C22H43NO2/c1-2-3-4-5-6-7-8-9-10-11-12-13-14-15-16-17-22(24)23-18-20-25-21-19-23/h2-21H2,1H3. The summed E-state index contributed by atoms with van der Waals surface area (Å²) >= 11 is 0. The van der Waals surface area contributed by atoms with E-state index in [1.807, 2.05) is 4.90 Å². The predicted molar refractivity (Wildman–Crippen MR) is 107 cm³/mol. The Labute approximate surface area is 156 Å². The van der Waals surface area contributed by atoms with E-state index in [4.69, 9.17) is 4.74 Å². The van der Waals surface area contributed by atoms with Crippen LogP contribution in [-0.4, -0.2) is 37.1 Å². The number of carbonyl (C=O) groups excluding carboxylic acids is 1. The van der Waals surface area contributed by atoms with Crippen molar-refractivity contribution in [3.63, 3.8) is 0 Å². The van der Waals surface area contributed by atoms with Crippen LogP contribution in [0.15, 0.2) is 0 Å². The smallest absolute Gasteiger partial charge is 0.222 e. The molecule has 0 radical (unpaired) electrons. The number of nitrogens with zero attached hydrogens (tertiary/aromatic N) is 1. The van der Waals surface area contributed by atoms with Crippen molar-refractivity contribution in [2.75, 3.05) is 26.3 Å². The Morgan fingerprint density at radius 2 is 1.08 bits per heavy atom. The lowest BCUT2D eigenvalue weighted by atomic mass is 10.0. The monoisotopic (exact) mass is 353 g/mol. The van der Waals surface area contributed by atoms with Gasteiger partial charge in [-0.15, -0.1) is 0 Å². The molecule has 0 spiro atoms. The fourth-order valence-corrected chi connectivity index (χ4v) is 3.62. The number of amides is 1. The maximum atomic E-state index is 12.0. The number of rotatable bonds is 16. The quantitative estimate of drug-likeness (QED) is 0.313. The average Bonchev–Trinajstić information content (AvgIpc) is 2.65. The van der Waals surface area contributed by atoms with Gasteiger partial charge in [0.1, 0.15) is 0 Å². The van der Waals surface area contributed by atoms with Gasteiger partial charge in [-0.25, -0.2) is 0 Å². The topological polar surface area (TPSA) is 29.5 Å². The molecule has 1 aliphatic rings. The van der Waals surface area contributed by atoms with E-state index in [0.29, 0.717) is 19.1 Å². The van der Waals surface area contributed by atoms with Crippen LogP contribution in [0.25, 0.3) is 0 Å². The molecular formula is C22H43NO2. The van der Waals surface area contributed by atoms with Crippen molar-refractivity contribution in [1.29, 1.82) is 0 Å².